The minimum absolute atomic E-state index is 0.0816. The molecule has 0 saturated heterocycles. The Hall–Kier alpha value is -3.33. The second kappa shape index (κ2) is 7.96. The van der Waals surface area contributed by atoms with Crippen molar-refractivity contribution in [2.75, 3.05) is 10.6 Å². The van der Waals surface area contributed by atoms with Crippen molar-refractivity contribution in [3.8, 4) is 0 Å². The topological polar surface area (TPSA) is 71.3 Å². The van der Waals surface area contributed by atoms with Crippen molar-refractivity contribution in [1.82, 2.24) is 0 Å². The Balaban J connectivity index is 1.88. The van der Waals surface area contributed by atoms with E-state index in [1.54, 1.807) is 0 Å². The first-order valence-electron chi connectivity index (χ1n) is 7.97. The van der Waals surface area contributed by atoms with E-state index >= 15 is 0 Å². The molecule has 3 aromatic rings. The third-order valence-corrected chi connectivity index (χ3v) is 4.06. The molecule has 29 heavy (non-hydrogen) atoms. The Bertz CT molecular complexity index is 1070. The zero-order valence-corrected chi connectivity index (χ0v) is 15.1. The summed E-state index contributed by atoms with van der Waals surface area (Å²) in [6.07, 6.45) is -3.59. The highest BCUT2D eigenvalue weighted by Gasteiger charge is 2.34. The highest BCUT2D eigenvalue weighted by atomic mass is 35.5. The quantitative estimate of drug-likeness (QED) is 0.534. The fourth-order valence-corrected chi connectivity index (χ4v) is 2.68. The van der Waals surface area contributed by atoms with Crippen LogP contribution in [0.15, 0.2) is 59.2 Å². The van der Waals surface area contributed by atoms with Crippen LogP contribution in [0.2, 0.25) is 5.02 Å². The Kier molecular flexibility index (Phi) is 5.60. The molecule has 1 aromatic heterocycles. The molecule has 2 aromatic carbocycles. The summed E-state index contributed by atoms with van der Waals surface area (Å²) >= 11 is 5.77. The van der Waals surface area contributed by atoms with Crippen LogP contribution in [0.3, 0.4) is 0 Å². The minimum atomic E-state index is -4.83. The molecule has 2 amide bonds. The number of alkyl halides is 3. The number of benzene rings is 2. The molecule has 0 unspecified atom stereocenters. The number of amides is 2. The number of carbonyl (C=O) groups is 2. The largest absolute Gasteiger partial charge is 0.459 e. The Morgan fingerprint density at radius 3 is 2.34 bits per heavy atom. The number of anilines is 2. The van der Waals surface area contributed by atoms with Crippen molar-refractivity contribution in [2.45, 2.75) is 6.18 Å². The Morgan fingerprint density at radius 2 is 1.72 bits per heavy atom. The van der Waals surface area contributed by atoms with Crippen LogP contribution in [0.4, 0.5) is 28.9 Å². The van der Waals surface area contributed by atoms with Crippen molar-refractivity contribution in [3.63, 3.8) is 0 Å². The molecule has 0 saturated carbocycles. The molecule has 150 valence electrons. The Morgan fingerprint density at radius 1 is 0.966 bits per heavy atom. The van der Waals surface area contributed by atoms with Gasteiger partial charge in [-0.3, -0.25) is 9.59 Å². The van der Waals surface area contributed by atoms with Gasteiger partial charge in [-0.15, -0.1) is 0 Å². The highest BCUT2D eigenvalue weighted by molar-refractivity contribution is 6.34. The first kappa shape index (κ1) is 20.4. The molecule has 1 heterocycles. The van der Waals surface area contributed by atoms with E-state index in [-0.39, 0.29) is 22.0 Å². The number of furan rings is 1. The third-order valence-electron chi connectivity index (χ3n) is 3.75. The molecular weight excluding hydrogens is 416 g/mol. The lowest BCUT2D eigenvalue weighted by atomic mass is 10.1. The van der Waals surface area contributed by atoms with E-state index in [2.05, 4.69) is 10.6 Å². The second-order valence-electron chi connectivity index (χ2n) is 5.77. The predicted molar refractivity (Wildman–Crippen MR) is 97.5 cm³/mol. The third kappa shape index (κ3) is 4.75. The highest BCUT2D eigenvalue weighted by Crippen LogP contribution is 2.37. The molecule has 0 aliphatic rings. The van der Waals surface area contributed by atoms with Crippen LogP contribution < -0.4 is 10.6 Å². The van der Waals surface area contributed by atoms with Gasteiger partial charge in [-0.05, 0) is 48.5 Å². The molecule has 3 rings (SSSR count). The standard InChI is InChI=1S/C19H11ClF4N2O3/c20-14-8-10(21)3-5-12(14)17(27)26-15-6-4-11(9-13(15)19(22,23)24)25-18(28)16-2-1-7-29-16/h1-9H,(H,25,28)(H,26,27). The lowest BCUT2D eigenvalue weighted by molar-refractivity contribution is -0.136. The second-order valence-corrected chi connectivity index (χ2v) is 6.18. The van der Waals surface area contributed by atoms with Crippen LogP contribution in [0, 0.1) is 5.82 Å². The van der Waals surface area contributed by atoms with Gasteiger partial charge >= 0.3 is 6.18 Å². The number of rotatable bonds is 4. The first-order valence-corrected chi connectivity index (χ1v) is 8.35. The smallest absolute Gasteiger partial charge is 0.418 e. The predicted octanol–water partition coefficient (Wildman–Crippen LogP) is 5.60. The van der Waals surface area contributed by atoms with Crippen LogP contribution >= 0.6 is 11.6 Å². The fourth-order valence-electron chi connectivity index (χ4n) is 2.43. The molecule has 0 bridgehead atoms. The van der Waals surface area contributed by atoms with E-state index in [4.69, 9.17) is 16.0 Å². The Labute approximate surface area is 166 Å². The SMILES string of the molecule is O=C(Nc1ccc(NC(=O)c2ccc(F)cc2Cl)c(C(F)(F)F)c1)c1ccco1. The summed E-state index contributed by atoms with van der Waals surface area (Å²) in [6.45, 7) is 0. The first-order chi connectivity index (χ1) is 13.6. The molecule has 0 atom stereocenters. The fraction of sp³-hybridized carbons (Fsp3) is 0.0526. The van der Waals surface area contributed by atoms with Gasteiger partial charge in [0.1, 0.15) is 5.82 Å². The van der Waals surface area contributed by atoms with Crippen molar-refractivity contribution in [2.24, 2.45) is 0 Å². The van der Waals surface area contributed by atoms with E-state index in [1.807, 2.05) is 0 Å². The van der Waals surface area contributed by atoms with E-state index < -0.39 is 35.1 Å². The van der Waals surface area contributed by atoms with Crippen LogP contribution in [0.5, 0.6) is 0 Å². The summed E-state index contributed by atoms with van der Waals surface area (Å²) in [4.78, 5) is 24.2. The van der Waals surface area contributed by atoms with Gasteiger partial charge in [0.25, 0.3) is 11.8 Å². The molecule has 0 aliphatic heterocycles. The van der Waals surface area contributed by atoms with Gasteiger partial charge in [0.05, 0.1) is 28.1 Å². The van der Waals surface area contributed by atoms with E-state index in [0.717, 1.165) is 24.3 Å². The van der Waals surface area contributed by atoms with Gasteiger partial charge in [-0.1, -0.05) is 11.6 Å². The van der Waals surface area contributed by atoms with Gasteiger partial charge in [0.15, 0.2) is 5.76 Å². The maximum Gasteiger partial charge on any atom is 0.418 e. The van der Waals surface area contributed by atoms with Crippen LogP contribution in [0.25, 0.3) is 0 Å². The average molecular weight is 427 g/mol. The lowest BCUT2D eigenvalue weighted by Crippen LogP contribution is -2.18. The minimum Gasteiger partial charge on any atom is -0.459 e. The maximum atomic E-state index is 13.5. The summed E-state index contributed by atoms with van der Waals surface area (Å²) in [5.74, 6) is -2.47. The molecular formula is C19H11ClF4N2O3. The van der Waals surface area contributed by atoms with Gasteiger partial charge < -0.3 is 15.1 Å². The zero-order chi connectivity index (χ0) is 21.2. The van der Waals surface area contributed by atoms with Crippen LogP contribution in [-0.2, 0) is 6.18 Å². The summed E-state index contributed by atoms with van der Waals surface area (Å²) < 4.78 is 58.4. The van der Waals surface area contributed by atoms with E-state index in [1.165, 1.54) is 24.5 Å². The molecule has 0 spiro atoms. The summed E-state index contributed by atoms with van der Waals surface area (Å²) in [7, 11) is 0. The van der Waals surface area contributed by atoms with E-state index in [9.17, 15) is 27.2 Å². The molecule has 0 radical (unpaired) electrons. The molecule has 0 fully saturated rings. The lowest BCUT2D eigenvalue weighted by Gasteiger charge is -2.16. The summed E-state index contributed by atoms with van der Waals surface area (Å²) in [5.41, 5.74) is -2.10. The van der Waals surface area contributed by atoms with Gasteiger partial charge in [0.2, 0.25) is 0 Å². The summed E-state index contributed by atoms with van der Waals surface area (Å²) in [6, 6.07) is 8.51. The normalized spacial score (nSPS) is 11.2. The number of carbonyl (C=O) groups excluding carboxylic acids is 2. The van der Waals surface area contributed by atoms with Crippen LogP contribution in [0.1, 0.15) is 26.5 Å². The number of hydrogen-bond acceptors (Lipinski definition) is 3. The molecule has 0 aliphatic carbocycles. The van der Waals surface area contributed by atoms with Crippen molar-refractivity contribution < 1.29 is 31.6 Å². The van der Waals surface area contributed by atoms with Crippen molar-refractivity contribution in [3.05, 3.63) is 82.5 Å². The summed E-state index contributed by atoms with van der Waals surface area (Å²) in [5, 5.41) is 4.13. The monoisotopic (exact) mass is 426 g/mol. The zero-order valence-electron chi connectivity index (χ0n) is 14.3. The number of hydrogen-bond donors (Lipinski definition) is 2. The van der Waals surface area contributed by atoms with Gasteiger partial charge in [-0.2, -0.15) is 13.2 Å². The average Bonchev–Trinajstić information content (AvgIpc) is 3.16. The van der Waals surface area contributed by atoms with Gasteiger partial charge in [-0.25, -0.2) is 4.39 Å². The van der Waals surface area contributed by atoms with E-state index in [0.29, 0.717) is 6.07 Å². The molecule has 5 nitrogen and oxygen atoms in total. The van der Waals surface area contributed by atoms with Crippen LogP contribution in [-0.4, -0.2) is 11.8 Å². The number of nitrogens with one attached hydrogen (secondary N) is 2. The van der Waals surface area contributed by atoms with Crippen molar-refractivity contribution in [1.29, 1.82) is 0 Å². The number of halogens is 5. The maximum absolute atomic E-state index is 13.5. The molecule has 2 N–H and O–H groups in total. The van der Waals surface area contributed by atoms with Gasteiger partial charge in [0, 0.05) is 5.69 Å². The molecule has 10 heteroatoms. The van der Waals surface area contributed by atoms with Crippen molar-refractivity contribution >= 4 is 34.8 Å².